The molecule has 6 nitrogen and oxygen atoms in total. The van der Waals surface area contributed by atoms with Crippen LogP contribution in [0.2, 0.25) is 0 Å². The Morgan fingerprint density at radius 3 is 2.65 bits per heavy atom. The van der Waals surface area contributed by atoms with E-state index in [1.165, 1.54) is 24.5 Å². The van der Waals surface area contributed by atoms with Crippen molar-refractivity contribution in [2.75, 3.05) is 20.8 Å². The van der Waals surface area contributed by atoms with Crippen LogP contribution in [0.3, 0.4) is 0 Å². The molecule has 1 heterocycles. The minimum atomic E-state index is -0.646. The Morgan fingerprint density at radius 2 is 1.94 bits per heavy atom. The van der Waals surface area contributed by atoms with E-state index in [0.29, 0.717) is 31.8 Å². The van der Waals surface area contributed by atoms with Crippen molar-refractivity contribution in [3.05, 3.63) is 64.3 Å². The molecule has 3 aromatic rings. The summed E-state index contributed by atoms with van der Waals surface area (Å²) in [7, 11) is 3.03. The molecule has 1 aromatic heterocycles. The van der Waals surface area contributed by atoms with Crippen molar-refractivity contribution in [1.29, 1.82) is 0 Å². The van der Waals surface area contributed by atoms with Gasteiger partial charge < -0.3 is 19.5 Å². The first-order valence-corrected chi connectivity index (χ1v) is 10.6. The molecule has 1 unspecified atom stereocenters. The SMILES string of the molecule is CCOC(=O)CC(NC(=O)c1sc2cccc(F)c2c1COC)c1cccc(OC)c1. The van der Waals surface area contributed by atoms with Crippen molar-refractivity contribution in [3.63, 3.8) is 0 Å². The van der Waals surface area contributed by atoms with Crippen molar-refractivity contribution in [2.45, 2.75) is 26.0 Å². The molecule has 3 rings (SSSR count). The zero-order valence-corrected chi connectivity index (χ0v) is 18.4. The maximum Gasteiger partial charge on any atom is 0.308 e. The van der Waals surface area contributed by atoms with E-state index in [1.54, 1.807) is 50.4 Å². The van der Waals surface area contributed by atoms with Gasteiger partial charge in [-0.05, 0) is 36.8 Å². The molecular formula is C23H24FNO5S. The third kappa shape index (κ3) is 5.21. The molecule has 0 radical (unpaired) electrons. The Labute approximate surface area is 183 Å². The molecule has 1 atom stereocenters. The van der Waals surface area contributed by atoms with Gasteiger partial charge in [0, 0.05) is 22.8 Å². The molecule has 8 heteroatoms. The van der Waals surface area contributed by atoms with E-state index in [1.807, 2.05) is 0 Å². The van der Waals surface area contributed by atoms with Gasteiger partial charge in [0.15, 0.2) is 0 Å². The van der Waals surface area contributed by atoms with Gasteiger partial charge in [0.05, 0.1) is 37.7 Å². The van der Waals surface area contributed by atoms with E-state index in [4.69, 9.17) is 14.2 Å². The fourth-order valence-corrected chi connectivity index (χ4v) is 4.48. The van der Waals surface area contributed by atoms with Crippen LogP contribution in [0, 0.1) is 5.82 Å². The highest BCUT2D eigenvalue weighted by Crippen LogP contribution is 2.34. The van der Waals surface area contributed by atoms with Gasteiger partial charge in [-0.2, -0.15) is 0 Å². The highest BCUT2D eigenvalue weighted by atomic mass is 32.1. The number of carbonyl (C=O) groups is 2. The molecule has 0 aliphatic heterocycles. The summed E-state index contributed by atoms with van der Waals surface area (Å²) in [6.45, 7) is 2.05. The van der Waals surface area contributed by atoms with Gasteiger partial charge in [0.1, 0.15) is 11.6 Å². The van der Waals surface area contributed by atoms with Crippen molar-refractivity contribution in [1.82, 2.24) is 5.32 Å². The largest absolute Gasteiger partial charge is 0.497 e. The molecule has 0 saturated carbocycles. The van der Waals surface area contributed by atoms with Crippen LogP contribution in [0.25, 0.3) is 10.1 Å². The van der Waals surface area contributed by atoms with Crippen LogP contribution in [0.1, 0.15) is 40.2 Å². The van der Waals surface area contributed by atoms with E-state index in [9.17, 15) is 14.0 Å². The van der Waals surface area contributed by atoms with Crippen LogP contribution < -0.4 is 10.1 Å². The number of hydrogen-bond acceptors (Lipinski definition) is 6. The molecular weight excluding hydrogens is 421 g/mol. The highest BCUT2D eigenvalue weighted by Gasteiger charge is 2.25. The van der Waals surface area contributed by atoms with Gasteiger partial charge >= 0.3 is 5.97 Å². The highest BCUT2D eigenvalue weighted by molar-refractivity contribution is 7.21. The molecule has 0 bridgehead atoms. The first-order chi connectivity index (χ1) is 15.0. The normalized spacial score (nSPS) is 11.9. The second kappa shape index (κ2) is 10.4. The molecule has 0 spiro atoms. The number of benzene rings is 2. The lowest BCUT2D eigenvalue weighted by atomic mass is 10.0. The third-order valence-electron chi connectivity index (χ3n) is 4.74. The number of ether oxygens (including phenoxy) is 3. The Hall–Kier alpha value is -2.97. The van der Waals surface area contributed by atoms with Gasteiger partial charge in [-0.15, -0.1) is 11.3 Å². The number of rotatable bonds is 9. The number of thiophene rings is 1. The summed E-state index contributed by atoms with van der Waals surface area (Å²) in [5.41, 5.74) is 1.18. The Kier molecular flexibility index (Phi) is 7.59. The summed E-state index contributed by atoms with van der Waals surface area (Å²) in [5, 5.41) is 3.28. The number of carbonyl (C=O) groups excluding carboxylic acids is 2. The molecule has 0 saturated heterocycles. The predicted molar refractivity (Wildman–Crippen MR) is 117 cm³/mol. The summed E-state index contributed by atoms with van der Waals surface area (Å²) in [5.74, 6) is -0.653. The van der Waals surface area contributed by atoms with Crippen LogP contribution in [0.15, 0.2) is 42.5 Å². The summed E-state index contributed by atoms with van der Waals surface area (Å²) < 4.78 is 30.7. The number of halogens is 1. The zero-order valence-electron chi connectivity index (χ0n) is 17.6. The Balaban J connectivity index is 1.97. The average Bonchev–Trinajstić information content (AvgIpc) is 3.13. The maximum atomic E-state index is 14.5. The van der Waals surface area contributed by atoms with E-state index in [-0.39, 0.29) is 19.6 Å². The molecule has 0 aliphatic rings. The lowest BCUT2D eigenvalue weighted by molar-refractivity contribution is -0.143. The fraction of sp³-hybridized carbons (Fsp3) is 0.304. The number of hydrogen-bond donors (Lipinski definition) is 1. The van der Waals surface area contributed by atoms with Crippen molar-refractivity contribution >= 4 is 33.3 Å². The second-order valence-corrected chi connectivity index (χ2v) is 7.82. The van der Waals surface area contributed by atoms with Gasteiger partial charge in [-0.1, -0.05) is 18.2 Å². The smallest absolute Gasteiger partial charge is 0.308 e. The molecule has 1 N–H and O–H groups in total. The Morgan fingerprint density at radius 1 is 1.16 bits per heavy atom. The topological polar surface area (TPSA) is 73.9 Å². The molecule has 164 valence electrons. The minimum absolute atomic E-state index is 0.0500. The lowest BCUT2D eigenvalue weighted by Gasteiger charge is -2.19. The van der Waals surface area contributed by atoms with E-state index >= 15 is 0 Å². The number of amides is 1. The standard InChI is InChI=1S/C23H24FNO5S/c1-4-30-20(26)12-18(14-7-5-8-15(11-14)29-3)25-23(27)22-16(13-28-2)21-17(24)9-6-10-19(21)31-22/h5-11,18H,4,12-13H2,1-3H3,(H,25,27). The van der Waals surface area contributed by atoms with Gasteiger partial charge in [0.2, 0.25) is 0 Å². The van der Waals surface area contributed by atoms with Gasteiger partial charge in [0.25, 0.3) is 5.91 Å². The quantitative estimate of drug-likeness (QED) is 0.487. The number of methoxy groups -OCH3 is 2. The maximum absolute atomic E-state index is 14.5. The van der Waals surface area contributed by atoms with Crippen LogP contribution in [0.4, 0.5) is 4.39 Å². The van der Waals surface area contributed by atoms with Crippen LogP contribution in [-0.2, 0) is 20.9 Å². The summed E-state index contributed by atoms with van der Waals surface area (Å²) >= 11 is 1.19. The fourth-order valence-electron chi connectivity index (χ4n) is 3.35. The number of fused-ring (bicyclic) bond motifs is 1. The van der Waals surface area contributed by atoms with E-state index in [2.05, 4.69) is 5.32 Å². The summed E-state index contributed by atoms with van der Waals surface area (Å²) in [4.78, 5) is 25.8. The second-order valence-electron chi connectivity index (χ2n) is 6.77. The third-order valence-corrected chi connectivity index (χ3v) is 5.93. The van der Waals surface area contributed by atoms with E-state index in [0.717, 1.165) is 0 Å². The summed E-state index contributed by atoms with van der Waals surface area (Å²) in [6, 6.07) is 11.2. The first-order valence-electron chi connectivity index (χ1n) is 9.77. The minimum Gasteiger partial charge on any atom is -0.497 e. The molecule has 0 aliphatic carbocycles. The monoisotopic (exact) mass is 445 g/mol. The van der Waals surface area contributed by atoms with Gasteiger partial charge in [-0.25, -0.2) is 4.39 Å². The van der Waals surface area contributed by atoms with Crippen LogP contribution >= 0.6 is 11.3 Å². The number of nitrogens with one attached hydrogen (secondary N) is 1. The average molecular weight is 446 g/mol. The lowest BCUT2D eigenvalue weighted by Crippen LogP contribution is -2.30. The zero-order chi connectivity index (χ0) is 22.4. The summed E-state index contributed by atoms with van der Waals surface area (Å²) in [6.07, 6.45) is -0.0500. The van der Waals surface area contributed by atoms with E-state index < -0.39 is 23.7 Å². The van der Waals surface area contributed by atoms with Crippen molar-refractivity contribution < 1.29 is 28.2 Å². The molecule has 31 heavy (non-hydrogen) atoms. The number of esters is 1. The van der Waals surface area contributed by atoms with Crippen molar-refractivity contribution in [2.24, 2.45) is 0 Å². The van der Waals surface area contributed by atoms with Crippen LogP contribution in [-0.4, -0.2) is 32.7 Å². The molecule has 2 aromatic carbocycles. The molecule has 0 fully saturated rings. The van der Waals surface area contributed by atoms with Gasteiger partial charge in [-0.3, -0.25) is 9.59 Å². The molecule has 1 amide bonds. The first kappa shape index (κ1) is 22.7. The predicted octanol–water partition coefficient (Wildman–Crippen LogP) is 4.62. The Bertz CT molecular complexity index is 1080. The van der Waals surface area contributed by atoms with Crippen LogP contribution in [0.5, 0.6) is 5.75 Å². The van der Waals surface area contributed by atoms with Crippen molar-refractivity contribution in [3.8, 4) is 5.75 Å².